The molecule has 2 saturated carbocycles. The lowest BCUT2D eigenvalue weighted by Gasteiger charge is -2.45. The Balaban J connectivity index is 1.58. The zero-order chi connectivity index (χ0) is 26.8. The molecular formula is C27H40O10. The van der Waals surface area contributed by atoms with Gasteiger partial charge in [-0.2, -0.15) is 0 Å². The smallest absolute Gasteiger partial charge is 0.333 e. The molecule has 8 atom stereocenters. The van der Waals surface area contributed by atoms with Crippen molar-refractivity contribution < 1.29 is 47.9 Å². The quantitative estimate of drug-likeness (QED) is 0.372. The summed E-state index contributed by atoms with van der Waals surface area (Å²) in [5.74, 6) is -4.34. The molecule has 0 bridgehead atoms. The molecule has 4 fully saturated rings. The molecule has 0 radical (unpaired) electrons. The van der Waals surface area contributed by atoms with Crippen molar-refractivity contribution in [3.05, 3.63) is 12.2 Å². The van der Waals surface area contributed by atoms with Gasteiger partial charge in [0, 0.05) is 18.4 Å². The van der Waals surface area contributed by atoms with Crippen molar-refractivity contribution in [1.29, 1.82) is 0 Å². The molecule has 1 N–H and O–H groups in total. The zero-order valence-corrected chi connectivity index (χ0v) is 22.1. The molecule has 4 rings (SSSR count). The van der Waals surface area contributed by atoms with E-state index in [4.69, 9.17) is 28.4 Å². The van der Waals surface area contributed by atoms with Crippen LogP contribution in [0.1, 0.15) is 78.6 Å². The highest BCUT2D eigenvalue weighted by Crippen LogP contribution is 2.49. The monoisotopic (exact) mass is 524 g/mol. The van der Waals surface area contributed by atoms with Crippen molar-refractivity contribution in [3.63, 3.8) is 0 Å². The number of rotatable bonds is 8. The third-order valence-electron chi connectivity index (χ3n) is 8.10. The van der Waals surface area contributed by atoms with Crippen LogP contribution in [0.4, 0.5) is 0 Å². The summed E-state index contributed by atoms with van der Waals surface area (Å²) in [6, 6.07) is 0. The molecule has 4 unspecified atom stereocenters. The molecule has 2 aliphatic heterocycles. The van der Waals surface area contributed by atoms with Gasteiger partial charge in [-0.05, 0) is 46.5 Å². The first-order valence-corrected chi connectivity index (χ1v) is 13.5. The first-order chi connectivity index (χ1) is 17.6. The minimum absolute atomic E-state index is 0.0362. The van der Waals surface area contributed by atoms with Crippen LogP contribution in [0.15, 0.2) is 12.2 Å². The summed E-state index contributed by atoms with van der Waals surface area (Å²) in [4.78, 5) is 37.0. The number of ether oxygens (including phenoxy) is 6. The number of fused-ring (bicyclic) bond motifs is 1. The lowest BCUT2D eigenvalue weighted by Crippen LogP contribution is -2.55. The number of carboxylic acids is 1. The van der Waals surface area contributed by atoms with E-state index in [2.05, 4.69) is 6.58 Å². The maximum atomic E-state index is 12.8. The predicted octanol–water partition coefficient (Wildman–Crippen LogP) is 3.50. The fourth-order valence-electron chi connectivity index (χ4n) is 6.20. The molecule has 0 aromatic carbocycles. The molecule has 2 heterocycles. The van der Waals surface area contributed by atoms with E-state index in [1.807, 2.05) is 6.92 Å². The van der Waals surface area contributed by atoms with E-state index in [0.29, 0.717) is 38.7 Å². The van der Waals surface area contributed by atoms with Gasteiger partial charge in [-0.15, -0.1) is 0 Å². The Morgan fingerprint density at radius 2 is 1.73 bits per heavy atom. The van der Waals surface area contributed by atoms with Gasteiger partial charge in [0.25, 0.3) is 0 Å². The van der Waals surface area contributed by atoms with Gasteiger partial charge in [-0.3, -0.25) is 9.59 Å². The van der Waals surface area contributed by atoms with Crippen molar-refractivity contribution in [2.24, 2.45) is 11.8 Å². The van der Waals surface area contributed by atoms with Crippen LogP contribution >= 0.6 is 0 Å². The minimum atomic E-state index is -1.31. The van der Waals surface area contributed by atoms with Crippen molar-refractivity contribution in [3.8, 4) is 0 Å². The molecule has 1 spiro atoms. The zero-order valence-electron chi connectivity index (χ0n) is 22.1. The van der Waals surface area contributed by atoms with Crippen LogP contribution in [0.25, 0.3) is 0 Å². The highest BCUT2D eigenvalue weighted by molar-refractivity contribution is 5.86. The number of hydrogen-bond acceptors (Lipinski definition) is 9. The maximum absolute atomic E-state index is 12.8. The Hall–Kier alpha value is -2.01. The van der Waals surface area contributed by atoms with E-state index < -0.39 is 59.8 Å². The van der Waals surface area contributed by atoms with Gasteiger partial charge < -0.3 is 33.5 Å². The van der Waals surface area contributed by atoms with Crippen LogP contribution in [0.5, 0.6) is 0 Å². The van der Waals surface area contributed by atoms with E-state index in [0.717, 1.165) is 25.7 Å². The van der Waals surface area contributed by atoms with E-state index in [1.165, 1.54) is 0 Å². The second-order valence-electron chi connectivity index (χ2n) is 10.9. The average molecular weight is 525 g/mol. The van der Waals surface area contributed by atoms with Crippen molar-refractivity contribution in [2.45, 2.75) is 115 Å². The van der Waals surface area contributed by atoms with Crippen LogP contribution in [-0.2, 0) is 42.8 Å². The van der Waals surface area contributed by atoms with Crippen LogP contribution < -0.4 is 0 Å². The third kappa shape index (κ3) is 5.87. The van der Waals surface area contributed by atoms with Crippen LogP contribution in [0, 0.1) is 11.8 Å². The van der Waals surface area contributed by atoms with E-state index in [9.17, 15) is 19.5 Å². The van der Waals surface area contributed by atoms with E-state index in [1.54, 1.807) is 13.8 Å². The number of aliphatic carboxylic acids is 1. The average Bonchev–Trinajstić information content (AvgIpc) is 3.21. The van der Waals surface area contributed by atoms with Gasteiger partial charge in [-0.25, -0.2) is 4.79 Å². The first-order valence-electron chi connectivity index (χ1n) is 13.5. The number of carboxylic acid groups (broad SMARTS) is 1. The molecule has 4 aliphatic rings. The van der Waals surface area contributed by atoms with Crippen LogP contribution in [0.3, 0.4) is 0 Å². The van der Waals surface area contributed by atoms with E-state index >= 15 is 0 Å². The summed E-state index contributed by atoms with van der Waals surface area (Å²) in [6.07, 6.45) is 3.21. The Bertz CT molecular complexity index is 888. The van der Waals surface area contributed by atoms with Gasteiger partial charge in [-0.1, -0.05) is 25.8 Å². The summed E-state index contributed by atoms with van der Waals surface area (Å²) >= 11 is 0. The largest absolute Gasteiger partial charge is 0.481 e. The SMILES string of the molecule is C=C(C)C(=O)OC[C@@H]1C[C@H](OC2(C)CCCCC2C(=O)OCC)[C@H]2OC3(CCCCC3C(=O)O)O[C@H]2O1. The Morgan fingerprint density at radius 3 is 2.41 bits per heavy atom. The molecule has 0 aromatic heterocycles. The maximum Gasteiger partial charge on any atom is 0.333 e. The molecule has 0 amide bonds. The number of esters is 2. The molecule has 37 heavy (non-hydrogen) atoms. The summed E-state index contributed by atoms with van der Waals surface area (Å²) in [5.41, 5.74) is -0.521. The standard InChI is InChI=1S/C27H40O10/c1-5-32-24(31)19-11-6-8-12-26(19,4)35-20-14-17(15-33-23(30)16(2)3)34-25-21(20)36-27(37-25)13-9-7-10-18(27)22(28)29/h17-21,25H,2,5-15H2,1,3-4H3,(H,28,29)/t17-,18?,19?,20-,21+,25+,26?,27?/m0/s1. The molecule has 2 saturated heterocycles. The summed E-state index contributed by atoms with van der Waals surface area (Å²) in [7, 11) is 0. The van der Waals surface area contributed by atoms with Gasteiger partial charge in [0.15, 0.2) is 12.1 Å². The number of carbonyl (C=O) groups is 3. The Morgan fingerprint density at radius 1 is 1.03 bits per heavy atom. The predicted molar refractivity (Wildman–Crippen MR) is 129 cm³/mol. The second-order valence-corrected chi connectivity index (χ2v) is 10.9. The highest BCUT2D eigenvalue weighted by Gasteiger charge is 2.61. The highest BCUT2D eigenvalue weighted by atomic mass is 16.8. The van der Waals surface area contributed by atoms with Crippen molar-refractivity contribution in [2.75, 3.05) is 13.2 Å². The molecule has 208 valence electrons. The van der Waals surface area contributed by atoms with E-state index in [-0.39, 0.29) is 18.1 Å². The third-order valence-corrected chi connectivity index (χ3v) is 8.10. The van der Waals surface area contributed by atoms with Crippen LogP contribution in [0.2, 0.25) is 0 Å². The molecule has 10 nitrogen and oxygen atoms in total. The van der Waals surface area contributed by atoms with Crippen LogP contribution in [-0.4, -0.2) is 72.2 Å². The lowest BCUT2D eigenvalue weighted by molar-refractivity contribution is -0.262. The summed E-state index contributed by atoms with van der Waals surface area (Å²) < 4.78 is 36.3. The number of hydrogen-bond donors (Lipinski definition) is 1. The second kappa shape index (κ2) is 11.4. The van der Waals surface area contributed by atoms with Crippen molar-refractivity contribution >= 4 is 17.9 Å². The lowest BCUT2D eigenvalue weighted by atomic mass is 9.76. The minimum Gasteiger partial charge on any atom is -0.481 e. The Labute approximate surface area is 217 Å². The number of carbonyl (C=O) groups excluding carboxylic acids is 2. The van der Waals surface area contributed by atoms with Gasteiger partial charge in [0.05, 0.1) is 30.3 Å². The van der Waals surface area contributed by atoms with Gasteiger partial charge in [0.1, 0.15) is 18.6 Å². The normalized spacial score (nSPS) is 39.5. The summed E-state index contributed by atoms with van der Waals surface area (Å²) in [5, 5.41) is 9.91. The Kier molecular flexibility index (Phi) is 8.62. The molecule has 2 aliphatic carbocycles. The van der Waals surface area contributed by atoms with Gasteiger partial charge >= 0.3 is 17.9 Å². The molecule has 0 aromatic rings. The fraction of sp³-hybridized carbons (Fsp3) is 0.815. The molecular weight excluding hydrogens is 484 g/mol. The molecule has 10 heteroatoms. The van der Waals surface area contributed by atoms with Crippen molar-refractivity contribution in [1.82, 2.24) is 0 Å². The summed E-state index contributed by atoms with van der Waals surface area (Å²) in [6.45, 7) is 9.15. The fourth-order valence-corrected chi connectivity index (χ4v) is 6.20. The van der Waals surface area contributed by atoms with Gasteiger partial charge in [0.2, 0.25) is 0 Å². The first kappa shape index (κ1) is 28.0. The topological polar surface area (TPSA) is 127 Å².